The molecule has 1 aromatic carbocycles. The number of rotatable bonds is 9. The molecule has 1 heterocycles. The van der Waals surface area contributed by atoms with Gasteiger partial charge in [-0.2, -0.15) is 4.31 Å². The smallest absolute Gasteiger partial charge is 0.243 e. The molecule has 6 nitrogen and oxygen atoms in total. The summed E-state index contributed by atoms with van der Waals surface area (Å²) in [4.78, 5) is 14.7. The van der Waals surface area contributed by atoms with Crippen LogP contribution in [0.5, 0.6) is 0 Å². The summed E-state index contributed by atoms with van der Waals surface area (Å²) in [6.07, 6.45) is 3.23. The second kappa shape index (κ2) is 11.8. The van der Waals surface area contributed by atoms with Gasteiger partial charge in [-0.05, 0) is 56.5 Å². The first kappa shape index (κ1) is 24.9. The molecule has 160 valence electrons. The molecule has 28 heavy (non-hydrogen) atoms. The topological polar surface area (TPSA) is 69.7 Å². The van der Waals surface area contributed by atoms with Crippen LogP contribution in [0.4, 0.5) is 0 Å². The Kier molecular flexibility index (Phi) is 10.4. The van der Waals surface area contributed by atoms with Crippen molar-refractivity contribution in [3.05, 3.63) is 29.8 Å². The highest BCUT2D eigenvalue weighted by atomic mass is 35.5. The summed E-state index contributed by atoms with van der Waals surface area (Å²) < 4.78 is 26.5. The number of hydrogen-bond acceptors (Lipinski definition) is 4. The summed E-state index contributed by atoms with van der Waals surface area (Å²) >= 11 is 0. The van der Waals surface area contributed by atoms with Crippen molar-refractivity contribution in [2.45, 2.75) is 44.4 Å². The number of nitrogens with one attached hydrogen (secondary N) is 1. The summed E-state index contributed by atoms with van der Waals surface area (Å²) in [5, 5.41) is 3.21. The largest absolute Gasteiger partial charge is 0.343 e. The second-order valence-electron chi connectivity index (χ2n) is 7.12. The molecule has 0 unspecified atom stereocenters. The summed E-state index contributed by atoms with van der Waals surface area (Å²) in [7, 11) is -1.46. The van der Waals surface area contributed by atoms with Crippen LogP contribution in [0.25, 0.3) is 0 Å². The Hall–Kier alpha value is -1.15. The van der Waals surface area contributed by atoms with Gasteiger partial charge in [0.15, 0.2) is 0 Å². The predicted molar refractivity (Wildman–Crippen MR) is 115 cm³/mol. The molecule has 1 N–H and O–H groups in total. The van der Waals surface area contributed by atoms with Gasteiger partial charge in [0.1, 0.15) is 0 Å². The van der Waals surface area contributed by atoms with E-state index >= 15 is 0 Å². The van der Waals surface area contributed by atoms with Crippen LogP contribution in [0, 0.1) is 5.92 Å². The van der Waals surface area contributed by atoms with Gasteiger partial charge < -0.3 is 10.2 Å². The van der Waals surface area contributed by atoms with Gasteiger partial charge in [-0.25, -0.2) is 8.42 Å². The molecule has 1 aliphatic heterocycles. The van der Waals surface area contributed by atoms with Crippen molar-refractivity contribution in [2.75, 3.05) is 39.8 Å². The third-order valence-corrected chi connectivity index (χ3v) is 7.42. The number of halogens is 1. The van der Waals surface area contributed by atoms with Gasteiger partial charge in [0.2, 0.25) is 15.9 Å². The van der Waals surface area contributed by atoms with Crippen molar-refractivity contribution < 1.29 is 13.2 Å². The summed E-state index contributed by atoms with van der Waals surface area (Å²) in [6, 6.07) is 6.94. The highest BCUT2D eigenvalue weighted by molar-refractivity contribution is 7.89. The molecule has 2 rings (SSSR count). The molecule has 0 atom stereocenters. The Bertz CT molecular complexity index is 698. The lowest BCUT2D eigenvalue weighted by Gasteiger charge is -2.32. The number of nitrogens with zero attached hydrogens (tertiary/aromatic N) is 2. The molecule has 0 saturated carbocycles. The molecule has 0 radical (unpaired) electrons. The Morgan fingerprint density at radius 3 is 2.21 bits per heavy atom. The van der Waals surface area contributed by atoms with Crippen LogP contribution in [-0.4, -0.2) is 63.3 Å². The van der Waals surface area contributed by atoms with Gasteiger partial charge in [-0.1, -0.05) is 26.0 Å². The fourth-order valence-corrected chi connectivity index (χ4v) is 5.08. The Balaban J connectivity index is 0.00000392. The van der Waals surface area contributed by atoms with Gasteiger partial charge in [0, 0.05) is 32.6 Å². The Labute approximate surface area is 176 Å². The number of aryl methyl sites for hydroxylation is 1. The first-order valence-corrected chi connectivity index (χ1v) is 11.4. The second-order valence-corrected chi connectivity index (χ2v) is 9.05. The first-order chi connectivity index (χ1) is 12.9. The minimum Gasteiger partial charge on any atom is -0.343 e. The lowest BCUT2D eigenvalue weighted by Crippen LogP contribution is -2.40. The molecule has 8 heteroatoms. The molecule has 0 bridgehead atoms. The van der Waals surface area contributed by atoms with Gasteiger partial charge in [-0.3, -0.25) is 4.79 Å². The highest BCUT2D eigenvalue weighted by Crippen LogP contribution is 2.19. The van der Waals surface area contributed by atoms with E-state index in [1.54, 1.807) is 12.1 Å². The maximum absolute atomic E-state index is 12.5. The van der Waals surface area contributed by atoms with E-state index in [9.17, 15) is 13.2 Å². The van der Waals surface area contributed by atoms with Crippen LogP contribution in [0.2, 0.25) is 0 Å². The van der Waals surface area contributed by atoms with E-state index in [1.807, 2.05) is 37.9 Å². The molecule has 1 aromatic rings. The molecular formula is C20H34ClN3O3S. The minimum absolute atomic E-state index is 0. The van der Waals surface area contributed by atoms with Gasteiger partial charge in [0.05, 0.1) is 4.90 Å². The Morgan fingerprint density at radius 2 is 1.71 bits per heavy atom. The summed E-state index contributed by atoms with van der Waals surface area (Å²) in [5.41, 5.74) is 0.993. The molecule has 1 fully saturated rings. The molecule has 0 aromatic heterocycles. The zero-order valence-corrected chi connectivity index (χ0v) is 18.8. The fourth-order valence-electron chi connectivity index (χ4n) is 3.63. The third-order valence-electron chi connectivity index (χ3n) is 5.35. The highest BCUT2D eigenvalue weighted by Gasteiger charge is 2.23. The normalized spacial score (nSPS) is 15.5. The van der Waals surface area contributed by atoms with Crippen LogP contribution in [-0.2, 0) is 21.2 Å². The minimum atomic E-state index is -3.42. The van der Waals surface area contributed by atoms with Crippen LogP contribution in [0.3, 0.4) is 0 Å². The molecule has 1 aliphatic rings. The maximum Gasteiger partial charge on any atom is 0.243 e. The van der Waals surface area contributed by atoms with Crippen LogP contribution >= 0.6 is 12.4 Å². The standard InChI is InChI=1S/C20H33N3O3S.ClH/c1-4-23(5-2)27(25,26)19-9-6-17(7-10-19)8-11-20(24)22-14-12-18(13-15-22)16-21-3;/h6-7,9-10,18,21H,4-5,8,11-16H2,1-3H3;1H. The van der Waals surface area contributed by atoms with Crippen LogP contribution in [0.1, 0.15) is 38.7 Å². The van der Waals surface area contributed by atoms with Crippen LogP contribution in [0.15, 0.2) is 29.2 Å². The van der Waals surface area contributed by atoms with Crippen molar-refractivity contribution >= 4 is 28.3 Å². The van der Waals surface area contributed by atoms with Gasteiger partial charge in [0.25, 0.3) is 0 Å². The number of hydrogen-bond donors (Lipinski definition) is 1. The zero-order chi connectivity index (χ0) is 19.9. The number of benzene rings is 1. The van der Waals surface area contributed by atoms with Crippen molar-refractivity contribution in [3.63, 3.8) is 0 Å². The number of carbonyl (C=O) groups is 1. The lowest BCUT2D eigenvalue weighted by molar-refractivity contribution is -0.132. The quantitative estimate of drug-likeness (QED) is 0.652. The van der Waals surface area contributed by atoms with Gasteiger partial charge >= 0.3 is 0 Å². The van der Waals surface area contributed by atoms with E-state index in [-0.39, 0.29) is 18.3 Å². The van der Waals surface area contributed by atoms with E-state index in [0.717, 1.165) is 38.0 Å². The molecule has 1 amide bonds. The molecule has 1 saturated heterocycles. The van der Waals surface area contributed by atoms with E-state index in [2.05, 4.69) is 5.32 Å². The summed E-state index contributed by atoms with van der Waals surface area (Å²) in [5.74, 6) is 0.858. The van der Waals surface area contributed by atoms with Crippen molar-refractivity contribution in [1.82, 2.24) is 14.5 Å². The average Bonchev–Trinajstić information content (AvgIpc) is 2.68. The van der Waals surface area contributed by atoms with Gasteiger partial charge in [-0.15, -0.1) is 12.4 Å². The predicted octanol–water partition coefficient (Wildman–Crippen LogP) is 2.53. The van der Waals surface area contributed by atoms with E-state index in [0.29, 0.717) is 36.7 Å². The number of piperidine rings is 1. The third kappa shape index (κ3) is 6.44. The molecule has 0 spiro atoms. The average molecular weight is 432 g/mol. The van der Waals surface area contributed by atoms with E-state index in [4.69, 9.17) is 0 Å². The number of likely N-dealkylation sites (tertiary alicyclic amines) is 1. The fraction of sp³-hybridized carbons (Fsp3) is 0.650. The number of amides is 1. The monoisotopic (exact) mass is 431 g/mol. The maximum atomic E-state index is 12.5. The number of carbonyl (C=O) groups excluding carboxylic acids is 1. The van der Waals surface area contributed by atoms with E-state index < -0.39 is 10.0 Å². The molecule has 0 aliphatic carbocycles. The SMILES string of the molecule is CCN(CC)S(=O)(=O)c1ccc(CCC(=O)N2CCC(CNC)CC2)cc1.Cl. The van der Waals surface area contributed by atoms with Crippen molar-refractivity contribution in [1.29, 1.82) is 0 Å². The van der Waals surface area contributed by atoms with Crippen molar-refractivity contribution in [2.24, 2.45) is 5.92 Å². The van der Waals surface area contributed by atoms with E-state index in [1.165, 1.54) is 4.31 Å². The lowest BCUT2D eigenvalue weighted by atomic mass is 9.96. The Morgan fingerprint density at radius 1 is 1.14 bits per heavy atom. The zero-order valence-electron chi connectivity index (χ0n) is 17.2. The van der Waals surface area contributed by atoms with Crippen LogP contribution < -0.4 is 5.32 Å². The summed E-state index contributed by atoms with van der Waals surface area (Å²) in [6.45, 7) is 7.29. The number of sulfonamides is 1. The molecular weight excluding hydrogens is 398 g/mol. The first-order valence-electron chi connectivity index (χ1n) is 9.93. The van der Waals surface area contributed by atoms with Crippen molar-refractivity contribution in [3.8, 4) is 0 Å².